The van der Waals surface area contributed by atoms with Crippen LogP contribution >= 0.6 is 22.6 Å². The number of carbonyl (C=O) groups excluding carboxylic acids is 1. The number of amides is 1. The van der Waals surface area contributed by atoms with Crippen LogP contribution in [-0.2, 0) is 11.4 Å². The van der Waals surface area contributed by atoms with E-state index in [1.165, 1.54) is 11.6 Å². The second-order valence-electron chi connectivity index (χ2n) is 4.81. The zero-order valence-electron chi connectivity index (χ0n) is 12.2. The molecule has 114 valence electrons. The third-order valence-corrected chi connectivity index (χ3v) is 3.88. The lowest BCUT2D eigenvalue weighted by atomic mass is 10.1. The van der Waals surface area contributed by atoms with Crippen LogP contribution in [-0.4, -0.2) is 5.91 Å². The molecule has 0 radical (unpaired) electrons. The summed E-state index contributed by atoms with van der Waals surface area (Å²) in [6, 6.07) is 14.0. The molecule has 0 saturated heterocycles. The smallest absolute Gasteiger partial charge is 0.257 e. The number of hydrazine groups is 1. The Labute approximate surface area is 143 Å². The number of benzene rings is 2. The first-order chi connectivity index (χ1) is 10.6. The van der Waals surface area contributed by atoms with E-state index >= 15 is 0 Å². The second-order valence-corrected chi connectivity index (χ2v) is 5.97. The predicted molar refractivity (Wildman–Crippen MR) is 96.0 cm³/mol. The second kappa shape index (κ2) is 7.95. The summed E-state index contributed by atoms with van der Waals surface area (Å²) in [6.07, 6.45) is 3.09. The molecule has 0 heterocycles. The van der Waals surface area contributed by atoms with Crippen molar-refractivity contribution in [1.82, 2.24) is 5.43 Å². The number of aryl methyl sites for hydroxylation is 1. The summed E-state index contributed by atoms with van der Waals surface area (Å²) < 4.78 is 6.82. The number of hydrogen-bond donors (Lipinski definition) is 2. The van der Waals surface area contributed by atoms with Crippen LogP contribution in [0.25, 0.3) is 6.08 Å². The van der Waals surface area contributed by atoms with E-state index in [0.29, 0.717) is 6.61 Å². The molecule has 0 spiro atoms. The lowest BCUT2D eigenvalue weighted by Crippen LogP contribution is -2.27. The molecular formula is C17H17IN2O2. The Balaban J connectivity index is 2.02. The zero-order chi connectivity index (χ0) is 15.9. The molecule has 3 N–H and O–H groups in total. The van der Waals surface area contributed by atoms with Gasteiger partial charge in [0, 0.05) is 6.08 Å². The van der Waals surface area contributed by atoms with Gasteiger partial charge in [-0.1, -0.05) is 35.9 Å². The molecule has 5 heteroatoms. The molecule has 4 nitrogen and oxygen atoms in total. The van der Waals surface area contributed by atoms with Crippen molar-refractivity contribution >= 4 is 34.6 Å². The lowest BCUT2D eigenvalue weighted by molar-refractivity contribution is -0.116. The summed E-state index contributed by atoms with van der Waals surface area (Å²) in [7, 11) is 0. The standard InChI is InChI=1S/C17H17IN2O2/c1-12-2-4-14(5-3-12)11-22-16-8-6-13(10-15(16)18)7-9-17(21)20-19/h2-10H,11,19H2,1H3,(H,20,21)/b9-7+. The summed E-state index contributed by atoms with van der Waals surface area (Å²) in [5.41, 5.74) is 5.33. The van der Waals surface area contributed by atoms with Crippen molar-refractivity contribution in [2.24, 2.45) is 5.84 Å². The fourth-order valence-electron chi connectivity index (χ4n) is 1.80. The molecule has 0 aliphatic carbocycles. The topological polar surface area (TPSA) is 64.3 Å². The lowest BCUT2D eigenvalue weighted by Gasteiger charge is -2.09. The van der Waals surface area contributed by atoms with Crippen molar-refractivity contribution < 1.29 is 9.53 Å². The van der Waals surface area contributed by atoms with Crippen LogP contribution in [0.1, 0.15) is 16.7 Å². The molecule has 0 saturated carbocycles. The Morgan fingerprint density at radius 1 is 1.27 bits per heavy atom. The van der Waals surface area contributed by atoms with Crippen LogP contribution < -0.4 is 16.0 Å². The summed E-state index contributed by atoms with van der Waals surface area (Å²) in [4.78, 5) is 11.1. The molecule has 0 unspecified atom stereocenters. The fourth-order valence-corrected chi connectivity index (χ4v) is 2.50. The largest absolute Gasteiger partial charge is 0.488 e. The number of carbonyl (C=O) groups is 1. The Morgan fingerprint density at radius 2 is 2.00 bits per heavy atom. The van der Waals surface area contributed by atoms with E-state index < -0.39 is 0 Å². The number of halogens is 1. The maximum atomic E-state index is 11.1. The Hall–Kier alpha value is -1.86. The van der Waals surface area contributed by atoms with Gasteiger partial charge >= 0.3 is 0 Å². The Bertz CT molecular complexity index is 682. The van der Waals surface area contributed by atoms with E-state index in [2.05, 4.69) is 59.2 Å². The highest BCUT2D eigenvalue weighted by Gasteiger charge is 2.03. The van der Waals surface area contributed by atoms with Gasteiger partial charge in [0.1, 0.15) is 12.4 Å². The van der Waals surface area contributed by atoms with Crippen molar-refractivity contribution in [1.29, 1.82) is 0 Å². The molecule has 0 bridgehead atoms. The van der Waals surface area contributed by atoms with E-state index in [-0.39, 0.29) is 5.91 Å². The highest BCUT2D eigenvalue weighted by Crippen LogP contribution is 2.23. The van der Waals surface area contributed by atoms with Gasteiger partial charge in [-0.25, -0.2) is 5.84 Å². The van der Waals surface area contributed by atoms with Crippen LogP contribution in [0.4, 0.5) is 0 Å². The van der Waals surface area contributed by atoms with E-state index in [1.807, 2.05) is 18.2 Å². The fraction of sp³-hybridized carbons (Fsp3) is 0.118. The van der Waals surface area contributed by atoms with Gasteiger partial charge in [0.25, 0.3) is 5.91 Å². The maximum Gasteiger partial charge on any atom is 0.257 e. The number of rotatable bonds is 5. The van der Waals surface area contributed by atoms with Crippen LogP contribution in [0.2, 0.25) is 0 Å². The van der Waals surface area contributed by atoms with Gasteiger partial charge in [-0.15, -0.1) is 0 Å². The summed E-state index contributed by atoms with van der Waals surface area (Å²) in [6.45, 7) is 2.59. The molecule has 0 atom stereocenters. The van der Waals surface area contributed by atoms with Gasteiger partial charge in [-0.05, 0) is 58.9 Å². The minimum atomic E-state index is -0.338. The van der Waals surface area contributed by atoms with Crippen molar-refractivity contribution in [3.05, 3.63) is 68.8 Å². The molecule has 2 rings (SSSR count). The molecule has 0 aliphatic rings. The first-order valence-electron chi connectivity index (χ1n) is 6.75. The van der Waals surface area contributed by atoms with Gasteiger partial charge in [0.2, 0.25) is 0 Å². The van der Waals surface area contributed by atoms with Crippen LogP contribution in [0.5, 0.6) is 5.75 Å². The minimum Gasteiger partial charge on any atom is -0.488 e. The SMILES string of the molecule is Cc1ccc(COc2ccc(/C=C/C(=O)NN)cc2I)cc1. The van der Waals surface area contributed by atoms with Crippen LogP contribution in [0, 0.1) is 10.5 Å². The molecule has 1 amide bonds. The number of ether oxygens (including phenoxy) is 1. The van der Waals surface area contributed by atoms with Gasteiger partial charge < -0.3 is 4.74 Å². The number of hydrogen-bond acceptors (Lipinski definition) is 3. The van der Waals surface area contributed by atoms with Gasteiger partial charge in [0.05, 0.1) is 3.57 Å². The van der Waals surface area contributed by atoms with Crippen LogP contribution in [0.15, 0.2) is 48.5 Å². The highest BCUT2D eigenvalue weighted by molar-refractivity contribution is 14.1. The highest BCUT2D eigenvalue weighted by atomic mass is 127. The number of nitrogens with one attached hydrogen (secondary N) is 1. The van der Waals surface area contributed by atoms with Gasteiger partial charge in [0.15, 0.2) is 0 Å². The predicted octanol–water partition coefficient (Wildman–Crippen LogP) is 3.18. The van der Waals surface area contributed by atoms with Crippen LogP contribution in [0.3, 0.4) is 0 Å². The van der Waals surface area contributed by atoms with Crippen molar-refractivity contribution in [2.75, 3.05) is 0 Å². The minimum absolute atomic E-state index is 0.338. The monoisotopic (exact) mass is 408 g/mol. The van der Waals surface area contributed by atoms with E-state index in [1.54, 1.807) is 6.08 Å². The van der Waals surface area contributed by atoms with E-state index in [4.69, 9.17) is 10.6 Å². The maximum absolute atomic E-state index is 11.1. The van der Waals surface area contributed by atoms with Crippen molar-refractivity contribution in [3.63, 3.8) is 0 Å². The van der Waals surface area contributed by atoms with E-state index in [0.717, 1.165) is 20.4 Å². The molecular weight excluding hydrogens is 391 g/mol. The summed E-state index contributed by atoms with van der Waals surface area (Å²) in [5.74, 6) is 5.50. The Morgan fingerprint density at radius 3 is 2.64 bits per heavy atom. The quantitative estimate of drug-likeness (QED) is 0.263. The third kappa shape index (κ3) is 4.85. The Kier molecular flexibility index (Phi) is 5.97. The van der Waals surface area contributed by atoms with Crippen molar-refractivity contribution in [2.45, 2.75) is 13.5 Å². The third-order valence-electron chi connectivity index (χ3n) is 3.04. The average molecular weight is 408 g/mol. The number of nitrogens with two attached hydrogens (primary N) is 1. The van der Waals surface area contributed by atoms with E-state index in [9.17, 15) is 4.79 Å². The first-order valence-corrected chi connectivity index (χ1v) is 7.83. The average Bonchev–Trinajstić information content (AvgIpc) is 2.53. The normalized spacial score (nSPS) is 10.7. The van der Waals surface area contributed by atoms with Gasteiger partial charge in [-0.3, -0.25) is 10.2 Å². The molecule has 0 aromatic heterocycles. The molecule has 0 fully saturated rings. The molecule has 2 aromatic rings. The first kappa shape index (κ1) is 16.5. The molecule has 22 heavy (non-hydrogen) atoms. The molecule has 2 aromatic carbocycles. The van der Waals surface area contributed by atoms with Crippen molar-refractivity contribution in [3.8, 4) is 5.75 Å². The molecule has 0 aliphatic heterocycles. The van der Waals surface area contributed by atoms with Gasteiger partial charge in [-0.2, -0.15) is 0 Å². The summed E-state index contributed by atoms with van der Waals surface area (Å²) in [5, 5.41) is 0. The zero-order valence-corrected chi connectivity index (χ0v) is 14.3. The summed E-state index contributed by atoms with van der Waals surface area (Å²) >= 11 is 2.22.